The molecule has 0 bridgehead atoms. The zero-order chi connectivity index (χ0) is 11.7. The number of rotatable bonds is 2. The highest BCUT2D eigenvalue weighted by molar-refractivity contribution is 7.16. The molecule has 0 aliphatic carbocycles. The number of anilines is 1. The predicted octanol–water partition coefficient (Wildman–Crippen LogP) is 1.84. The fourth-order valence-corrected chi connectivity index (χ4v) is 2.77. The summed E-state index contributed by atoms with van der Waals surface area (Å²) >= 11 is 1.59. The average molecular weight is 247 g/mol. The number of nitrogens with one attached hydrogen (secondary N) is 2. The van der Waals surface area contributed by atoms with Crippen molar-refractivity contribution in [2.75, 3.05) is 18.4 Å². The van der Waals surface area contributed by atoms with E-state index in [1.807, 2.05) is 23.7 Å². The zero-order valence-corrected chi connectivity index (χ0v) is 10.1. The Kier molecular flexibility index (Phi) is 2.78. The number of nitrogens with zero attached hydrogens (tertiary/aromatic N) is 1. The molecular formula is C12H13N3OS. The van der Waals surface area contributed by atoms with Crippen molar-refractivity contribution in [2.24, 2.45) is 5.92 Å². The third kappa shape index (κ3) is 2.16. The molecule has 0 spiro atoms. The molecule has 1 amide bonds. The van der Waals surface area contributed by atoms with Crippen LogP contribution in [0.1, 0.15) is 6.42 Å². The first-order valence-electron chi connectivity index (χ1n) is 5.68. The topological polar surface area (TPSA) is 54.0 Å². The third-order valence-corrected chi connectivity index (χ3v) is 3.82. The molecule has 1 saturated heterocycles. The van der Waals surface area contributed by atoms with Crippen LogP contribution >= 0.6 is 11.3 Å². The smallest absolute Gasteiger partial charge is 0.228 e. The number of hydrogen-bond acceptors (Lipinski definition) is 4. The highest BCUT2D eigenvalue weighted by atomic mass is 32.1. The number of aromatic nitrogens is 1. The quantitative estimate of drug-likeness (QED) is 0.851. The molecule has 2 N–H and O–H groups in total. The summed E-state index contributed by atoms with van der Waals surface area (Å²) in [7, 11) is 0. The number of hydrogen-bond donors (Lipinski definition) is 2. The Morgan fingerprint density at radius 3 is 3.29 bits per heavy atom. The molecule has 1 atom stereocenters. The third-order valence-electron chi connectivity index (χ3n) is 3.03. The van der Waals surface area contributed by atoms with E-state index in [-0.39, 0.29) is 11.8 Å². The van der Waals surface area contributed by atoms with Gasteiger partial charge in [-0.2, -0.15) is 0 Å². The normalized spacial score (nSPS) is 19.6. The van der Waals surface area contributed by atoms with E-state index in [1.54, 1.807) is 11.3 Å². The molecule has 17 heavy (non-hydrogen) atoms. The maximum absolute atomic E-state index is 11.9. The molecule has 1 aliphatic rings. The number of carbonyl (C=O) groups is 1. The van der Waals surface area contributed by atoms with Crippen LogP contribution in [0.15, 0.2) is 23.7 Å². The lowest BCUT2D eigenvalue weighted by atomic mass is 10.1. The number of benzene rings is 1. The lowest BCUT2D eigenvalue weighted by Gasteiger charge is -2.09. The van der Waals surface area contributed by atoms with Gasteiger partial charge in [0.1, 0.15) is 0 Å². The predicted molar refractivity (Wildman–Crippen MR) is 69.2 cm³/mol. The first-order valence-corrected chi connectivity index (χ1v) is 6.56. The molecule has 0 radical (unpaired) electrons. The van der Waals surface area contributed by atoms with Crippen molar-refractivity contribution in [1.82, 2.24) is 10.3 Å². The molecule has 88 valence electrons. The maximum atomic E-state index is 11.9. The molecule has 5 heteroatoms. The molecule has 2 heterocycles. The lowest BCUT2D eigenvalue weighted by Crippen LogP contribution is -2.24. The maximum Gasteiger partial charge on any atom is 0.228 e. The largest absolute Gasteiger partial charge is 0.326 e. The van der Waals surface area contributed by atoms with Crippen molar-refractivity contribution in [1.29, 1.82) is 0 Å². The van der Waals surface area contributed by atoms with Crippen LogP contribution in [-0.4, -0.2) is 24.0 Å². The summed E-state index contributed by atoms with van der Waals surface area (Å²) in [6, 6.07) is 5.82. The van der Waals surface area contributed by atoms with Gasteiger partial charge in [0.15, 0.2) is 0 Å². The average Bonchev–Trinajstić information content (AvgIpc) is 2.99. The highest BCUT2D eigenvalue weighted by Gasteiger charge is 2.22. The summed E-state index contributed by atoms with van der Waals surface area (Å²) in [5, 5.41) is 6.16. The van der Waals surface area contributed by atoms with Crippen LogP contribution in [0.2, 0.25) is 0 Å². The van der Waals surface area contributed by atoms with Crippen LogP contribution in [0.4, 0.5) is 5.69 Å². The summed E-state index contributed by atoms with van der Waals surface area (Å²) in [5.41, 5.74) is 3.66. The molecular weight excluding hydrogens is 234 g/mol. The van der Waals surface area contributed by atoms with E-state index in [0.717, 1.165) is 35.4 Å². The van der Waals surface area contributed by atoms with E-state index >= 15 is 0 Å². The monoisotopic (exact) mass is 247 g/mol. The Morgan fingerprint density at radius 2 is 2.47 bits per heavy atom. The van der Waals surface area contributed by atoms with E-state index in [2.05, 4.69) is 15.6 Å². The zero-order valence-electron chi connectivity index (χ0n) is 9.27. The van der Waals surface area contributed by atoms with Gasteiger partial charge in [0.2, 0.25) is 5.91 Å². The highest BCUT2D eigenvalue weighted by Crippen LogP contribution is 2.22. The molecule has 1 fully saturated rings. The van der Waals surface area contributed by atoms with Gasteiger partial charge in [-0.05, 0) is 31.2 Å². The summed E-state index contributed by atoms with van der Waals surface area (Å²) < 4.78 is 1.10. The Bertz CT molecular complexity index is 545. The summed E-state index contributed by atoms with van der Waals surface area (Å²) in [6.07, 6.45) is 0.925. The van der Waals surface area contributed by atoms with E-state index in [1.165, 1.54) is 0 Å². The Hall–Kier alpha value is -1.46. The van der Waals surface area contributed by atoms with E-state index in [4.69, 9.17) is 0 Å². The van der Waals surface area contributed by atoms with Gasteiger partial charge in [-0.15, -0.1) is 11.3 Å². The minimum atomic E-state index is 0.104. The minimum Gasteiger partial charge on any atom is -0.326 e. The van der Waals surface area contributed by atoms with Crippen LogP contribution in [0.25, 0.3) is 10.2 Å². The van der Waals surface area contributed by atoms with Gasteiger partial charge in [-0.25, -0.2) is 4.98 Å². The second-order valence-corrected chi connectivity index (χ2v) is 5.10. The van der Waals surface area contributed by atoms with Crippen LogP contribution in [0.5, 0.6) is 0 Å². The number of fused-ring (bicyclic) bond motifs is 1. The fraction of sp³-hybridized carbons (Fsp3) is 0.333. The van der Waals surface area contributed by atoms with Crippen LogP contribution < -0.4 is 10.6 Å². The molecule has 1 unspecified atom stereocenters. The van der Waals surface area contributed by atoms with E-state index < -0.39 is 0 Å². The Balaban J connectivity index is 1.77. The Morgan fingerprint density at radius 1 is 1.53 bits per heavy atom. The summed E-state index contributed by atoms with van der Waals surface area (Å²) in [4.78, 5) is 16.1. The SMILES string of the molecule is O=C(Nc1ccc2ncsc2c1)C1CCNC1. The molecule has 2 aromatic rings. The van der Waals surface area contributed by atoms with Crippen molar-refractivity contribution < 1.29 is 4.79 Å². The van der Waals surface area contributed by atoms with Gasteiger partial charge in [0, 0.05) is 12.2 Å². The number of carbonyl (C=O) groups excluding carboxylic acids is 1. The molecule has 1 aromatic heterocycles. The summed E-state index contributed by atoms with van der Waals surface area (Å²) in [5.74, 6) is 0.214. The van der Waals surface area contributed by atoms with Crippen molar-refractivity contribution in [3.63, 3.8) is 0 Å². The summed E-state index contributed by atoms with van der Waals surface area (Å²) in [6.45, 7) is 1.72. The number of thiazole rings is 1. The van der Waals surface area contributed by atoms with Crippen molar-refractivity contribution in [3.8, 4) is 0 Å². The molecule has 0 saturated carbocycles. The van der Waals surface area contributed by atoms with Gasteiger partial charge in [0.25, 0.3) is 0 Å². The second-order valence-electron chi connectivity index (χ2n) is 4.21. The first kappa shape index (κ1) is 10.7. The van der Waals surface area contributed by atoms with Crippen LogP contribution in [0, 0.1) is 5.92 Å². The molecule has 1 aromatic carbocycles. The van der Waals surface area contributed by atoms with Gasteiger partial charge in [0.05, 0.1) is 21.6 Å². The minimum absolute atomic E-state index is 0.104. The first-order chi connectivity index (χ1) is 8.33. The number of amides is 1. The van der Waals surface area contributed by atoms with Gasteiger partial charge >= 0.3 is 0 Å². The lowest BCUT2D eigenvalue weighted by molar-refractivity contribution is -0.119. The van der Waals surface area contributed by atoms with Gasteiger partial charge in [-0.1, -0.05) is 0 Å². The van der Waals surface area contributed by atoms with Crippen molar-refractivity contribution >= 4 is 33.1 Å². The van der Waals surface area contributed by atoms with E-state index in [0.29, 0.717) is 0 Å². The van der Waals surface area contributed by atoms with Crippen molar-refractivity contribution in [3.05, 3.63) is 23.7 Å². The molecule has 4 nitrogen and oxygen atoms in total. The van der Waals surface area contributed by atoms with Crippen LogP contribution in [-0.2, 0) is 4.79 Å². The second kappa shape index (κ2) is 4.43. The van der Waals surface area contributed by atoms with Gasteiger partial charge in [-0.3, -0.25) is 4.79 Å². The van der Waals surface area contributed by atoms with Crippen molar-refractivity contribution in [2.45, 2.75) is 6.42 Å². The molecule has 1 aliphatic heterocycles. The van der Waals surface area contributed by atoms with Gasteiger partial charge < -0.3 is 10.6 Å². The fourth-order valence-electron chi connectivity index (χ4n) is 2.06. The Labute approximate surface area is 103 Å². The molecule has 3 rings (SSSR count). The standard InChI is InChI=1S/C12H13N3OS/c16-12(8-3-4-13-6-8)15-9-1-2-10-11(5-9)17-7-14-10/h1-2,5,7-8,13H,3-4,6H2,(H,15,16). The van der Waals surface area contributed by atoms with Crippen LogP contribution in [0.3, 0.4) is 0 Å². The van der Waals surface area contributed by atoms with E-state index in [9.17, 15) is 4.79 Å².